The number of hydrogen-bond acceptors (Lipinski definition) is 4. The second-order valence-corrected chi connectivity index (χ2v) is 8.15. The van der Waals surface area contributed by atoms with E-state index >= 15 is 0 Å². The normalized spacial score (nSPS) is 11.5. The zero-order valence-electron chi connectivity index (χ0n) is 19.3. The largest absolute Gasteiger partial charge is 0.487 e. The minimum Gasteiger partial charge on any atom is -0.487 e. The maximum Gasteiger partial charge on any atom is 0.163 e. The van der Waals surface area contributed by atoms with Crippen molar-refractivity contribution in [3.05, 3.63) is 108 Å². The van der Waals surface area contributed by atoms with Gasteiger partial charge in [0.15, 0.2) is 11.6 Å². The molecule has 2 aromatic carbocycles. The van der Waals surface area contributed by atoms with E-state index in [-0.39, 0.29) is 18.0 Å². The molecule has 2 aromatic heterocycles. The molecule has 0 spiro atoms. The van der Waals surface area contributed by atoms with Gasteiger partial charge in [-0.1, -0.05) is 36.4 Å². The summed E-state index contributed by atoms with van der Waals surface area (Å²) in [5, 5.41) is 1.15. The number of rotatable bonds is 9. The van der Waals surface area contributed by atoms with Gasteiger partial charge in [-0.3, -0.25) is 14.6 Å². The van der Waals surface area contributed by atoms with E-state index in [0.717, 1.165) is 39.0 Å². The second-order valence-electron chi connectivity index (χ2n) is 8.15. The van der Waals surface area contributed by atoms with E-state index in [1.165, 1.54) is 12.2 Å². The number of pyridine rings is 1. The summed E-state index contributed by atoms with van der Waals surface area (Å²) in [5.74, 6) is 0.277. The van der Waals surface area contributed by atoms with Gasteiger partial charge in [-0.05, 0) is 77.6 Å². The van der Waals surface area contributed by atoms with Gasteiger partial charge in [-0.2, -0.15) is 0 Å². The number of allylic oxidation sites excluding steroid dienone is 2. The molecule has 0 saturated heterocycles. The molecule has 0 amide bonds. The fraction of sp³-hybridized carbons (Fsp3) is 0.138. The molecule has 2 heterocycles. The number of hydrogen-bond donors (Lipinski definition) is 0. The fourth-order valence-corrected chi connectivity index (χ4v) is 3.61. The van der Waals surface area contributed by atoms with Gasteiger partial charge in [0.1, 0.15) is 12.4 Å². The average Bonchev–Trinajstić information content (AvgIpc) is 3.21. The van der Waals surface area contributed by atoms with Crippen molar-refractivity contribution >= 4 is 34.6 Å². The van der Waals surface area contributed by atoms with Crippen LogP contribution in [0.3, 0.4) is 0 Å². The lowest BCUT2D eigenvalue weighted by molar-refractivity contribution is -0.121. The smallest absolute Gasteiger partial charge is 0.163 e. The molecule has 0 N–H and O–H groups in total. The van der Waals surface area contributed by atoms with Crippen LogP contribution >= 0.6 is 0 Å². The number of nitrogens with zero attached hydrogens (tertiary/aromatic N) is 2. The number of benzene rings is 2. The highest BCUT2D eigenvalue weighted by Crippen LogP contribution is 2.20. The van der Waals surface area contributed by atoms with Crippen molar-refractivity contribution in [3.8, 4) is 5.75 Å². The SMILES string of the molecule is Cc1cc(OCc2ccccn2)ccc1C=CC(=O)CC(=O)C=Cc1ccc2ccn(C)c2c1. The molecule has 0 aliphatic heterocycles. The first-order chi connectivity index (χ1) is 16.5. The Bertz CT molecular complexity index is 1380. The van der Waals surface area contributed by atoms with E-state index < -0.39 is 0 Å². The Kier molecular flexibility index (Phi) is 7.13. The lowest BCUT2D eigenvalue weighted by Crippen LogP contribution is -2.02. The third kappa shape index (κ3) is 5.95. The van der Waals surface area contributed by atoms with Crippen LogP contribution in [0.5, 0.6) is 5.75 Å². The van der Waals surface area contributed by atoms with Gasteiger partial charge in [-0.15, -0.1) is 0 Å². The molecule has 0 aliphatic carbocycles. The summed E-state index contributed by atoms with van der Waals surface area (Å²) < 4.78 is 7.82. The van der Waals surface area contributed by atoms with Gasteiger partial charge in [0.2, 0.25) is 0 Å². The van der Waals surface area contributed by atoms with Crippen LogP contribution < -0.4 is 4.74 Å². The highest BCUT2D eigenvalue weighted by atomic mass is 16.5. The number of aryl methyl sites for hydroxylation is 2. The quantitative estimate of drug-likeness (QED) is 0.242. The molecule has 4 aromatic rings. The van der Waals surface area contributed by atoms with Crippen LogP contribution in [-0.4, -0.2) is 21.1 Å². The molecule has 34 heavy (non-hydrogen) atoms. The standard InChI is InChI=1S/C29H26N2O3/c1-21-17-28(34-20-25-5-3-4-15-30-25)13-10-23(21)9-12-27(33)19-26(32)11-7-22-6-8-24-14-16-31(2)29(24)18-22/h3-18H,19-20H2,1-2H3. The predicted molar refractivity (Wildman–Crippen MR) is 135 cm³/mol. The van der Waals surface area contributed by atoms with Crippen LogP contribution in [-0.2, 0) is 23.2 Å². The fourth-order valence-electron chi connectivity index (χ4n) is 3.61. The first-order valence-electron chi connectivity index (χ1n) is 11.1. The molecule has 5 heteroatoms. The predicted octanol–water partition coefficient (Wildman–Crippen LogP) is 5.72. The molecule has 0 aliphatic rings. The minimum atomic E-state index is -0.234. The average molecular weight is 451 g/mol. The third-order valence-electron chi connectivity index (χ3n) is 5.53. The van der Waals surface area contributed by atoms with Crippen molar-refractivity contribution in [1.82, 2.24) is 9.55 Å². The summed E-state index contributed by atoms with van der Waals surface area (Å²) in [6.45, 7) is 2.35. The van der Waals surface area contributed by atoms with E-state index in [4.69, 9.17) is 4.74 Å². The Morgan fingerprint density at radius 2 is 1.79 bits per heavy atom. The van der Waals surface area contributed by atoms with Gasteiger partial charge in [0.05, 0.1) is 12.1 Å². The summed E-state index contributed by atoms with van der Waals surface area (Å²) in [6, 6.07) is 19.4. The molecule has 0 fully saturated rings. The lowest BCUT2D eigenvalue weighted by atomic mass is 10.1. The van der Waals surface area contributed by atoms with Crippen LogP contribution in [0.25, 0.3) is 23.1 Å². The Morgan fingerprint density at radius 3 is 2.56 bits per heavy atom. The molecular weight excluding hydrogens is 424 g/mol. The molecular formula is C29H26N2O3. The molecule has 0 radical (unpaired) electrons. The molecule has 0 atom stereocenters. The van der Waals surface area contributed by atoms with Crippen molar-refractivity contribution in [1.29, 1.82) is 0 Å². The number of carbonyl (C=O) groups excluding carboxylic acids is 2. The van der Waals surface area contributed by atoms with Crippen molar-refractivity contribution in [2.75, 3.05) is 0 Å². The topological polar surface area (TPSA) is 61.2 Å². The van der Waals surface area contributed by atoms with Gasteiger partial charge in [0, 0.05) is 25.0 Å². The van der Waals surface area contributed by atoms with Crippen molar-refractivity contribution < 1.29 is 14.3 Å². The number of carbonyl (C=O) groups is 2. The minimum absolute atomic E-state index is 0.163. The third-order valence-corrected chi connectivity index (χ3v) is 5.53. The van der Waals surface area contributed by atoms with Crippen LogP contribution in [0.2, 0.25) is 0 Å². The molecule has 0 unspecified atom stereocenters. The molecule has 5 nitrogen and oxygen atoms in total. The first kappa shape index (κ1) is 22.9. The summed E-state index contributed by atoms with van der Waals surface area (Å²) in [5.41, 5.74) is 4.75. The van der Waals surface area contributed by atoms with Crippen LogP contribution in [0.15, 0.2) is 85.2 Å². The summed E-state index contributed by atoms with van der Waals surface area (Å²) in [7, 11) is 1.98. The monoisotopic (exact) mass is 450 g/mol. The van der Waals surface area contributed by atoms with Crippen LogP contribution in [0.1, 0.15) is 28.8 Å². The van der Waals surface area contributed by atoms with Gasteiger partial charge in [-0.25, -0.2) is 0 Å². The maximum atomic E-state index is 12.3. The highest BCUT2D eigenvalue weighted by molar-refractivity contribution is 6.11. The van der Waals surface area contributed by atoms with E-state index in [1.807, 2.05) is 85.4 Å². The molecule has 170 valence electrons. The Morgan fingerprint density at radius 1 is 0.971 bits per heavy atom. The van der Waals surface area contributed by atoms with E-state index in [9.17, 15) is 9.59 Å². The van der Waals surface area contributed by atoms with Crippen LogP contribution in [0.4, 0.5) is 0 Å². The summed E-state index contributed by atoms with van der Waals surface area (Å²) in [6.07, 6.45) is 9.98. The van der Waals surface area contributed by atoms with Crippen LogP contribution in [0, 0.1) is 6.92 Å². The number of ketones is 2. The van der Waals surface area contributed by atoms with E-state index in [0.29, 0.717) is 6.61 Å². The first-order valence-corrected chi connectivity index (χ1v) is 11.1. The van der Waals surface area contributed by atoms with Crippen molar-refractivity contribution in [3.63, 3.8) is 0 Å². The Balaban J connectivity index is 1.31. The van der Waals surface area contributed by atoms with E-state index in [2.05, 4.69) is 4.98 Å². The lowest BCUT2D eigenvalue weighted by Gasteiger charge is -2.08. The number of aromatic nitrogens is 2. The number of ether oxygens (including phenoxy) is 1. The summed E-state index contributed by atoms with van der Waals surface area (Å²) in [4.78, 5) is 28.8. The van der Waals surface area contributed by atoms with Gasteiger partial charge in [0.25, 0.3) is 0 Å². The zero-order chi connectivity index (χ0) is 23.9. The Labute approximate surface area is 199 Å². The summed E-state index contributed by atoms with van der Waals surface area (Å²) >= 11 is 0. The van der Waals surface area contributed by atoms with Gasteiger partial charge < -0.3 is 9.30 Å². The molecule has 0 bridgehead atoms. The zero-order valence-corrected chi connectivity index (χ0v) is 19.3. The Hall–Kier alpha value is -4.25. The highest BCUT2D eigenvalue weighted by Gasteiger charge is 2.06. The second kappa shape index (κ2) is 10.6. The van der Waals surface area contributed by atoms with Crippen molar-refractivity contribution in [2.45, 2.75) is 20.0 Å². The van der Waals surface area contributed by atoms with E-state index in [1.54, 1.807) is 18.3 Å². The number of fused-ring (bicyclic) bond motifs is 1. The molecule has 0 saturated carbocycles. The maximum absolute atomic E-state index is 12.3. The van der Waals surface area contributed by atoms with Gasteiger partial charge >= 0.3 is 0 Å². The van der Waals surface area contributed by atoms with Crippen molar-refractivity contribution in [2.24, 2.45) is 7.05 Å². The molecule has 4 rings (SSSR count).